The highest BCUT2D eigenvalue weighted by molar-refractivity contribution is 6.03. The van der Waals surface area contributed by atoms with E-state index in [4.69, 9.17) is 23.7 Å². The summed E-state index contributed by atoms with van der Waals surface area (Å²) in [6, 6.07) is 30.9. The van der Waals surface area contributed by atoms with E-state index < -0.39 is 0 Å². The Labute approximate surface area is 278 Å². The quantitative estimate of drug-likeness (QED) is 0.0715. The Balaban J connectivity index is 1.38. The van der Waals surface area contributed by atoms with Gasteiger partial charge >= 0.3 is 0 Å². The maximum Gasteiger partial charge on any atom is 0.173 e. The first kappa shape index (κ1) is 35.2. The molecule has 0 heterocycles. The number of methoxy groups -OCH3 is 4. The highest BCUT2D eigenvalue weighted by Crippen LogP contribution is 2.34. The van der Waals surface area contributed by atoms with Gasteiger partial charge in [0.15, 0.2) is 11.6 Å². The number of ketones is 2. The van der Waals surface area contributed by atoms with Crippen LogP contribution in [0.5, 0.6) is 23.0 Å². The molecule has 0 aliphatic heterocycles. The topological polar surface area (TPSA) is 80.3 Å². The number of ether oxygens (including phenoxy) is 5. The molecule has 0 radical (unpaired) electrons. The minimum absolute atomic E-state index is 0.00260. The molecule has 7 heteroatoms. The third-order valence-corrected chi connectivity index (χ3v) is 8.42. The van der Waals surface area contributed by atoms with E-state index in [1.54, 1.807) is 52.7 Å². The monoisotopic (exact) mass is 638 g/mol. The fourth-order valence-corrected chi connectivity index (χ4v) is 6.01. The lowest BCUT2D eigenvalue weighted by molar-refractivity contribution is 0.0864. The van der Waals surface area contributed by atoms with Crippen molar-refractivity contribution in [2.75, 3.05) is 41.7 Å². The second-order valence-corrected chi connectivity index (χ2v) is 11.5. The molecule has 0 aliphatic rings. The van der Waals surface area contributed by atoms with Crippen LogP contribution < -0.4 is 18.9 Å². The van der Waals surface area contributed by atoms with E-state index in [1.807, 2.05) is 72.8 Å². The molecular formula is C40H46O7. The molecule has 2 unspecified atom stereocenters. The summed E-state index contributed by atoms with van der Waals surface area (Å²) in [6.07, 6.45) is 3.94. The Morgan fingerprint density at radius 3 is 1.15 bits per heavy atom. The molecule has 0 aromatic heterocycles. The standard InChI is InChI=1S/C40H46O7/c1-43-33-21-11-22-34(44-2)37(33)39(41)31(27-29-15-7-5-8-16-29)19-13-25-47-26-14-20-32(28-30-17-9-6-10-18-30)40(42)38-35(45-3)23-12-24-36(38)46-4/h5-12,15-18,21-24,31-32H,13-14,19-20,25-28H2,1-4H3. The second kappa shape index (κ2) is 18.5. The third-order valence-electron chi connectivity index (χ3n) is 8.42. The average molecular weight is 639 g/mol. The Hall–Kier alpha value is -4.62. The second-order valence-electron chi connectivity index (χ2n) is 11.5. The number of hydrogen-bond donors (Lipinski definition) is 0. The molecule has 4 rings (SSSR count). The van der Waals surface area contributed by atoms with Crippen LogP contribution in [-0.4, -0.2) is 53.2 Å². The highest BCUT2D eigenvalue weighted by Gasteiger charge is 2.28. The summed E-state index contributed by atoms with van der Waals surface area (Å²) in [7, 11) is 6.26. The van der Waals surface area contributed by atoms with Gasteiger partial charge in [0.2, 0.25) is 0 Å². The largest absolute Gasteiger partial charge is 0.496 e. The summed E-state index contributed by atoms with van der Waals surface area (Å²) < 4.78 is 28.2. The number of rotatable bonds is 20. The molecule has 0 saturated heterocycles. The van der Waals surface area contributed by atoms with Gasteiger partial charge in [0, 0.05) is 25.0 Å². The first-order valence-corrected chi connectivity index (χ1v) is 16.2. The van der Waals surface area contributed by atoms with Crippen LogP contribution >= 0.6 is 0 Å². The number of benzene rings is 4. The Kier molecular flexibility index (Phi) is 13.9. The van der Waals surface area contributed by atoms with Crippen molar-refractivity contribution >= 4 is 11.6 Å². The van der Waals surface area contributed by atoms with Gasteiger partial charge in [0.1, 0.15) is 34.1 Å². The molecule has 248 valence electrons. The van der Waals surface area contributed by atoms with E-state index in [0.717, 1.165) is 11.1 Å². The SMILES string of the molecule is COc1cccc(OC)c1C(=O)C(CCCOCCCC(Cc1ccccc1)C(=O)c1c(OC)cccc1OC)Cc1ccccc1. The number of carbonyl (C=O) groups excluding carboxylic acids is 2. The van der Waals surface area contributed by atoms with E-state index in [9.17, 15) is 9.59 Å². The summed E-state index contributed by atoms with van der Waals surface area (Å²) >= 11 is 0. The van der Waals surface area contributed by atoms with Gasteiger partial charge in [-0.15, -0.1) is 0 Å². The molecule has 4 aromatic carbocycles. The van der Waals surface area contributed by atoms with Gasteiger partial charge in [-0.1, -0.05) is 72.8 Å². The van der Waals surface area contributed by atoms with E-state index in [0.29, 0.717) is 85.9 Å². The van der Waals surface area contributed by atoms with E-state index >= 15 is 0 Å². The summed E-state index contributed by atoms with van der Waals surface area (Å²) in [5.41, 5.74) is 3.14. The Morgan fingerprint density at radius 1 is 0.489 bits per heavy atom. The summed E-state index contributed by atoms with van der Waals surface area (Å²) in [4.78, 5) is 27.8. The fourth-order valence-electron chi connectivity index (χ4n) is 6.01. The van der Waals surface area contributed by atoms with Crippen molar-refractivity contribution in [3.05, 3.63) is 119 Å². The van der Waals surface area contributed by atoms with Gasteiger partial charge in [-0.3, -0.25) is 9.59 Å². The van der Waals surface area contributed by atoms with Crippen molar-refractivity contribution in [3.8, 4) is 23.0 Å². The van der Waals surface area contributed by atoms with Crippen LogP contribution in [0.2, 0.25) is 0 Å². The third kappa shape index (κ3) is 9.69. The van der Waals surface area contributed by atoms with Crippen LogP contribution in [0.1, 0.15) is 57.5 Å². The lowest BCUT2D eigenvalue weighted by atomic mass is 9.87. The van der Waals surface area contributed by atoms with Crippen molar-refractivity contribution in [1.29, 1.82) is 0 Å². The van der Waals surface area contributed by atoms with Crippen LogP contribution in [0.15, 0.2) is 97.1 Å². The molecule has 0 spiro atoms. The lowest BCUT2D eigenvalue weighted by Gasteiger charge is -2.20. The zero-order valence-corrected chi connectivity index (χ0v) is 27.9. The normalized spacial score (nSPS) is 12.2. The van der Waals surface area contributed by atoms with E-state index in [-0.39, 0.29) is 23.4 Å². The molecule has 47 heavy (non-hydrogen) atoms. The first-order valence-electron chi connectivity index (χ1n) is 16.2. The highest BCUT2D eigenvalue weighted by atomic mass is 16.5. The fraction of sp³-hybridized carbons (Fsp3) is 0.350. The number of Topliss-reactive ketones (excluding diaryl/α,β-unsaturated/α-hetero) is 2. The van der Waals surface area contributed by atoms with Crippen molar-refractivity contribution in [2.45, 2.75) is 38.5 Å². The molecule has 0 aliphatic carbocycles. The van der Waals surface area contributed by atoms with Crippen molar-refractivity contribution in [3.63, 3.8) is 0 Å². The molecule has 0 saturated carbocycles. The summed E-state index contributed by atoms with van der Waals surface area (Å²) in [6.45, 7) is 1.03. The van der Waals surface area contributed by atoms with Gasteiger partial charge in [0.05, 0.1) is 28.4 Å². The van der Waals surface area contributed by atoms with Gasteiger partial charge < -0.3 is 23.7 Å². The van der Waals surface area contributed by atoms with E-state index in [2.05, 4.69) is 0 Å². The maximum absolute atomic E-state index is 13.9. The molecule has 0 amide bonds. The van der Waals surface area contributed by atoms with Crippen LogP contribution in [0.25, 0.3) is 0 Å². The van der Waals surface area contributed by atoms with Crippen LogP contribution in [0.3, 0.4) is 0 Å². The zero-order chi connectivity index (χ0) is 33.4. The van der Waals surface area contributed by atoms with Gasteiger partial charge in [-0.05, 0) is 73.9 Å². The van der Waals surface area contributed by atoms with Crippen LogP contribution in [0.4, 0.5) is 0 Å². The lowest BCUT2D eigenvalue weighted by Crippen LogP contribution is -2.20. The molecule has 2 atom stereocenters. The Morgan fingerprint density at radius 2 is 0.830 bits per heavy atom. The maximum atomic E-state index is 13.9. The zero-order valence-electron chi connectivity index (χ0n) is 27.9. The van der Waals surface area contributed by atoms with Gasteiger partial charge in [-0.2, -0.15) is 0 Å². The van der Waals surface area contributed by atoms with Crippen molar-refractivity contribution in [1.82, 2.24) is 0 Å². The number of carbonyl (C=O) groups is 2. The molecule has 0 N–H and O–H groups in total. The first-order chi connectivity index (χ1) is 23.0. The van der Waals surface area contributed by atoms with Gasteiger partial charge in [-0.25, -0.2) is 0 Å². The molecule has 4 aromatic rings. The minimum atomic E-state index is -0.269. The molecule has 7 nitrogen and oxygen atoms in total. The average Bonchev–Trinajstić information content (AvgIpc) is 3.12. The molecule has 0 fully saturated rings. The molecular weight excluding hydrogens is 592 g/mol. The predicted molar refractivity (Wildman–Crippen MR) is 184 cm³/mol. The van der Waals surface area contributed by atoms with Crippen LogP contribution in [0, 0.1) is 11.8 Å². The van der Waals surface area contributed by atoms with Crippen LogP contribution in [-0.2, 0) is 17.6 Å². The molecule has 0 bridgehead atoms. The van der Waals surface area contributed by atoms with Crippen molar-refractivity contribution in [2.24, 2.45) is 11.8 Å². The summed E-state index contributed by atoms with van der Waals surface area (Å²) in [5.74, 6) is 1.49. The predicted octanol–water partition coefficient (Wildman–Crippen LogP) is 8.08. The minimum Gasteiger partial charge on any atom is -0.496 e. The summed E-state index contributed by atoms with van der Waals surface area (Å²) in [5, 5.41) is 0. The van der Waals surface area contributed by atoms with Gasteiger partial charge in [0.25, 0.3) is 0 Å². The van der Waals surface area contributed by atoms with Crippen molar-refractivity contribution < 1.29 is 33.3 Å². The Bertz CT molecular complexity index is 1390. The van der Waals surface area contributed by atoms with E-state index in [1.165, 1.54) is 0 Å². The number of hydrogen-bond acceptors (Lipinski definition) is 7. The smallest absolute Gasteiger partial charge is 0.173 e.